The lowest BCUT2D eigenvalue weighted by molar-refractivity contribution is 0.0903. The topological polar surface area (TPSA) is 98.4 Å². The van der Waals surface area contributed by atoms with Gasteiger partial charge in [-0.15, -0.1) is 0 Å². The van der Waals surface area contributed by atoms with Crippen LogP contribution >= 0.6 is 0 Å². The van der Waals surface area contributed by atoms with Crippen molar-refractivity contribution >= 4 is 17.8 Å². The lowest BCUT2D eigenvalue weighted by Crippen LogP contribution is -2.38. The summed E-state index contributed by atoms with van der Waals surface area (Å²) >= 11 is 0. The summed E-state index contributed by atoms with van der Waals surface area (Å²) < 4.78 is 10.7. The van der Waals surface area contributed by atoms with E-state index in [1.807, 2.05) is 0 Å². The van der Waals surface area contributed by atoms with E-state index in [-0.39, 0.29) is 5.95 Å². The van der Waals surface area contributed by atoms with E-state index in [9.17, 15) is 0 Å². The van der Waals surface area contributed by atoms with Crippen molar-refractivity contribution in [2.24, 2.45) is 0 Å². The van der Waals surface area contributed by atoms with Crippen LogP contribution in [0.5, 0.6) is 0 Å². The summed E-state index contributed by atoms with van der Waals surface area (Å²) in [6, 6.07) is 0.336. The van der Waals surface area contributed by atoms with Gasteiger partial charge >= 0.3 is 0 Å². The third kappa shape index (κ3) is 3.26. The van der Waals surface area contributed by atoms with Gasteiger partial charge in [0.05, 0.1) is 13.2 Å². The molecule has 110 valence electrons. The first kappa shape index (κ1) is 13.3. The molecule has 0 aromatic carbocycles. The van der Waals surface area contributed by atoms with Gasteiger partial charge in [0.2, 0.25) is 17.8 Å². The van der Waals surface area contributed by atoms with Gasteiger partial charge < -0.3 is 25.4 Å². The molecule has 0 bridgehead atoms. The second-order valence-corrected chi connectivity index (χ2v) is 4.95. The molecule has 2 saturated heterocycles. The number of anilines is 3. The maximum absolute atomic E-state index is 5.79. The van der Waals surface area contributed by atoms with E-state index < -0.39 is 0 Å². The summed E-state index contributed by atoms with van der Waals surface area (Å²) in [5.74, 6) is 1.41. The van der Waals surface area contributed by atoms with Gasteiger partial charge in [0, 0.05) is 32.3 Å². The minimum absolute atomic E-state index is 0.246. The number of ether oxygens (including phenoxy) is 2. The van der Waals surface area contributed by atoms with Gasteiger partial charge in [-0.1, -0.05) is 0 Å². The summed E-state index contributed by atoms with van der Waals surface area (Å²) in [6.07, 6.45) is 1.91. The monoisotopic (exact) mass is 280 g/mol. The minimum Gasteiger partial charge on any atom is -0.381 e. The zero-order valence-corrected chi connectivity index (χ0v) is 11.4. The predicted octanol–water partition coefficient (Wildman–Crippen LogP) is -0.119. The van der Waals surface area contributed by atoms with Crippen LogP contribution in [0.1, 0.15) is 12.8 Å². The van der Waals surface area contributed by atoms with Crippen molar-refractivity contribution in [2.75, 3.05) is 55.5 Å². The molecule has 3 heterocycles. The Bertz CT molecular complexity index is 446. The summed E-state index contributed by atoms with van der Waals surface area (Å²) in [4.78, 5) is 14.9. The Morgan fingerprint density at radius 3 is 2.45 bits per heavy atom. The first-order chi connectivity index (χ1) is 9.81. The molecular formula is C12H20N6O2. The molecule has 0 saturated carbocycles. The van der Waals surface area contributed by atoms with Gasteiger partial charge in [-0.3, -0.25) is 0 Å². The molecule has 3 rings (SSSR count). The number of nitrogen functional groups attached to an aromatic ring is 1. The Morgan fingerprint density at radius 1 is 1.00 bits per heavy atom. The standard InChI is InChI=1S/C12H20N6O2/c13-10-15-11(14-9-1-5-19-6-2-9)17-12(16-10)18-3-7-20-8-4-18/h9H,1-8H2,(H3,13,14,15,16,17). The molecule has 2 fully saturated rings. The smallest absolute Gasteiger partial charge is 0.232 e. The molecule has 20 heavy (non-hydrogen) atoms. The number of aromatic nitrogens is 3. The first-order valence-corrected chi connectivity index (χ1v) is 7.00. The van der Waals surface area contributed by atoms with Crippen molar-refractivity contribution in [1.29, 1.82) is 0 Å². The highest BCUT2D eigenvalue weighted by molar-refractivity contribution is 5.42. The predicted molar refractivity (Wildman–Crippen MR) is 74.7 cm³/mol. The van der Waals surface area contributed by atoms with Gasteiger partial charge in [-0.2, -0.15) is 15.0 Å². The number of morpholine rings is 1. The lowest BCUT2D eigenvalue weighted by atomic mass is 10.1. The number of rotatable bonds is 3. The van der Waals surface area contributed by atoms with Crippen LogP contribution in [-0.4, -0.2) is 60.5 Å². The molecule has 0 aliphatic carbocycles. The van der Waals surface area contributed by atoms with Crippen LogP contribution in [0.2, 0.25) is 0 Å². The zero-order valence-electron chi connectivity index (χ0n) is 11.4. The van der Waals surface area contributed by atoms with Crippen molar-refractivity contribution in [2.45, 2.75) is 18.9 Å². The SMILES string of the molecule is Nc1nc(NC2CCOCC2)nc(N2CCOCC2)n1. The fourth-order valence-corrected chi connectivity index (χ4v) is 2.37. The van der Waals surface area contributed by atoms with Crippen LogP contribution in [0, 0.1) is 0 Å². The summed E-state index contributed by atoms with van der Waals surface area (Å²) in [7, 11) is 0. The number of hydrogen-bond donors (Lipinski definition) is 2. The highest BCUT2D eigenvalue weighted by atomic mass is 16.5. The van der Waals surface area contributed by atoms with Crippen molar-refractivity contribution in [3.05, 3.63) is 0 Å². The average molecular weight is 280 g/mol. The van der Waals surface area contributed by atoms with E-state index in [2.05, 4.69) is 25.2 Å². The Morgan fingerprint density at radius 2 is 1.70 bits per heavy atom. The Labute approximate surface area is 117 Å². The molecule has 2 aliphatic heterocycles. The summed E-state index contributed by atoms with van der Waals surface area (Å²) in [6.45, 7) is 4.48. The van der Waals surface area contributed by atoms with Gasteiger partial charge in [0.25, 0.3) is 0 Å². The van der Waals surface area contributed by atoms with Crippen molar-refractivity contribution in [1.82, 2.24) is 15.0 Å². The van der Waals surface area contributed by atoms with Gasteiger partial charge in [-0.05, 0) is 12.8 Å². The molecule has 8 nitrogen and oxygen atoms in total. The fraction of sp³-hybridized carbons (Fsp3) is 0.750. The molecule has 2 aliphatic rings. The van der Waals surface area contributed by atoms with Crippen LogP contribution in [0.3, 0.4) is 0 Å². The normalized spacial score (nSPS) is 20.9. The number of nitrogens with zero attached hydrogens (tertiary/aromatic N) is 4. The van der Waals surface area contributed by atoms with Crippen LogP contribution in [0.15, 0.2) is 0 Å². The van der Waals surface area contributed by atoms with Crippen LogP contribution in [0.4, 0.5) is 17.8 Å². The summed E-state index contributed by atoms with van der Waals surface area (Å²) in [5.41, 5.74) is 5.79. The van der Waals surface area contributed by atoms with Crippen molar-refractivity contribution in [3.8, 4) is 0 Å². The third-order valence-corrected chi connectivity index (χ3v) is 3.49. The average Bonchev–Trinajstić information content (AvgIpc) is 2.49. The second kappa shape index (κ2) is 6.19. The van der Waals surface area contributed by atoms with E-state index in [1.54, 1.807) is 0 Å². The second-order valence-electron chi connectivity index (χ2n) is 4.95. The largest absolute Gasteiger partial charge is 0.381 e. The van der Waals surface area contributed by atoms with Crippen LogP contribution < -0.4 is 16.0 Å². The molecule has 3 N–H and O–H groups in total. The van der Waals surface area contributed by atoms with E-state index in [1.165, 1.54) is 0 Å². The van der Waals surface area contributed by atoms with Gasteiger partial charge in [-0.25, -0.2) is 0 Å². The highest BCUT2D eigenvalue weighted by Gasteiger charge is 2.18. The molecule has 0 spiro atoms. The number of nitrogens with one attached hydrogen (secondary N) is 1. The van der Waals surface area contributed by atoms with Crippen LogP contribution in [0.25, 0.3) is 0 Å². The van der Waals surface area contributed by atoms with Gasteiger partial charge in [0.15, 0.2) is 0 Å². The van der Waals surface area contributed by atoms with Crippen molar-refractivity contribution in [3.63, 3.8) is 0 Å². The van der Waals surface area contributed by atoms with E-state index >= 15 is 0 Å². The molecule has 1 aromatic rings. The molecule has 0 atom stereocenters. The van der Waals surface area contributed by atoms with E-state index in [0.29, 0.717) is 31.2 Å². The molecule has 0 radical (unpaired) electrons. The molecule has 1 aromatic heterocycles. The zero-order chi connectivity index (χ0) is 13.8. The summed E-state index contributed by atoms with van der Waals surface area (Å²) in [5, 5.41) is 3.32. The number of hydrogen-bond acceptors (Lipinski definition) is 8. The van der Waals surface area contributed by atoms with Gasteiger partial charge in [0.1, 0.15) is 0 Å². The lowest BCUT2D eigenvalue weighted by Gasteiger charge is -2.27. The molecular weight excluding hydrogens is 260 g/mol. The first-order valence-electron chi connectivity index (χ1n) is 7.00. The maximum atomic E-state index is 5.79. The van der Waals surface area contributed by atoms with E-state index in [0.717, 1.165) is 39.1 Å². The minimum atomic E-state index is 0.246. The Kier molecular flexibility index (Phi) is 4.12. The Hall–Kier alpha value is -1.67. The van der Waals surface area contributed by atoms with Crippen LogP contribution in [-0.2, 0) is 9.47 Å². The molecule has 0 unspecified atom stereocenters. The molecule has 0 amide bonds. The van der Waals surface area contributed by atoms with Crippen molar-refractivity contribution < 1.29 is 9.47 Å². The Balaban J connectivity index is 1.71. The quantitative estimate of drug-likeness (QED) is 0.791. The van der Waals surface area contributed by atoms with E-state index in [4.69, 9.17) is 15.2 Å². The fourth-order valence-electron chi connectivity index (χ4n) is 2.37. The highest BCUT2D eigenvalue weighted by Crippen LogP contribution is 2.16. The molecule has 8 heteroatoms. The maximum Gasteiger partial charge on any atom is 0.232 e. The third-order valence-electron chi connectivity index (χ3n) is 3.49. The number of nitrogens with two attached hydrogens (primary N) is 1.